The lowest BCUT2D eigenvalue weighted by atomic mass is 10.00. The molecule has 1 saturated heterocycles. The van der Waals surface area contributed by atoms with Crippen molar-refractivity contribution in [3.63, 3.8) is 0 Å². The molecule has 1 amide bonds. The molecule has 0 radical (unpaired) electrons. The van der Waals surface area contributed by atoms with Crippen molar-refractivity contribution in [2.75, 3.05) is 19.6 Å². The molecule has 0 spiro atoms. The first-order valence-corrected chi connectivity index (χ1v) is 7.98. The van der Waals surface area contributed by atoms with Crippen LogP contribution in [0.25, 0.3) is 0 Å². The number of piperidine rings is 1. The monoisotopic (exact) mass is 422 g/mol. The highest BCUT2D eigenvalue weighted by atomic mass is 127. The van der Waals surface area contributed by atoms with Gasteiger partial charge in [-0.1, -0.05) is 15.9 Å². The van der Waals surface area contributed by atoms with Crippen molar-refractivity contribution in [2.24, 2.45) is 5.92 Å². The Balaban J connectivity index is 1.92. The molecule has 3 nitrogen and oxygen atoms in total. The van der Waals surface area contributed by atoms with Gasteiger partial charge < -0.3 is 10.6 Å². The van der Waals surface area contributed by atoms with Crippen LogP contribution < -0.4 is 10.6 Å². The summed E-state index contributed by atoms with van der Waals surface area (Å²) in [5, 5.41) is 6.39. The zero-order valence-electron chi connectivity index (χ0n) is 10.0. The second kappa shape index (κ2) is 6.86. The molecular weight excluding hydrogens is 407 g/mol. The van der Waals surface area contributed by atoms with Crippen LogP contribution in [0.2, 0.25) is 0 Å². The number of benzene rings is 1. The zero-order chi connectivity index (χ0) is 13.0. The Labute approximate surface area is 129 Å². The summed E-state index contributed by atoms with van der Waals surface area (Å²) < 4.78 is 1.92. The Morgan fingerprint density at radius 1 is 1.56 bits per heavy atom. The summed E-state index contributed by atoms with van der Waals surface area (Å²) in [4.78, 5) is 12.1. The van der Waals surface area contributed by atoms with Gasteiger partial charge in [0.25, 0.3) is 5.91 Å². The Morgan fingerprint density at radius 3 is 3.11 bits per heavy atom. The van der Waals surface area contributed by atoms with Crippen molar-refractivity contribution in [1.82, 2.24) is 10.6 Å². The quantitative estimate of drug-likeness (QED) is 0.735. The van der Waals surface area contributed by atoms with Gasteiger partial charge in [-0.3, -0.25) is 4.79 Å². The van der Waals surface area contributed by atoms with Crippen molar-refractivity contribution in [1.29, 1.82) is 0 Å². The number of halogens is 2. The minimum atomic E-state index is 0.0197. The van der Waals surface area contributed by atoms with E-state index in [0.717, 1.165) is 33.2 Å². The van der Waals surface area contributed by atoms with E-state index in [4.69, 9.17) is 0 Å². The van der Waals surface area contributed by atoms with E-state index >= 15 is 0 Å². The first kappa shape index (κ1) is 14.3. The minimum Gasteiger partial charge on any atom is -0.352 e. The van der Waals surface area contributed by atoms with Crippen LogP contribution in [0.15, 0.2) is 22.7 Å². The number of nitrogens with one attached hydrogen (secondary N) is 2. The van der Waals surface area contributed by atoms with Crippen LogP contribution in [-0.4, -0.2) is 25.5 Å². The third-order valence-corrected chi connectivity index (χ3v) is 4.56. The van der Waals surface area contributed by atoms with Gasteiger partial charge in [0.05, 0.1) is 5.56 Å². The normalized spacial score (nSPS) is 19.6. The van der Waals surface area contributed by atoms with Crippen molar-refractivity contribution >= 4 is 44.4 Å². The number of hydrogen-bond donors (Lipinski definition) is 2. The fourth-order valence-corrected chi connectivity index (χ4v) is 3.04. The molecular formula is C13H16BrIN2O. The van der Waals surface area contributed by atoms with Crippen LogP contribution in [0.1, 0.15) is 23.2 Å². The smallest absolute Gasteiger partial charge is 0.252 e. The molecule has 0 bridgehead atoms. The minimum absolute atomic E-state index is 0.0197. The van der Waals surface area contributed by atoms with Gasteiger partial charge in [-0.15, -0.1) is 0 Å². The van der Waals surface area contributed by atoms with E-state index in [0.29, 0.717) is 5.92 Å². The molecule has 1 aromatic rings. The topological polar surface area (TPSA) is 41.1 Å². The fourth-order valence-electron chi connectivity index (χ4n) is 2.10. The standard InChI is InChI=1S/C13H16BrIN2O/c14-10-3-4-12(15)11(6-10)13(18)17-8-9-2-1-5-16-7-9/h3-4,6,9,16H,1-2,5,7-8H2,(H,17,18). The second-order valence-corrected chi connectivity index (χ2v) is 6.62. The first-order chi connectivity index (χ1) is 8.66. The summed E-state index contributed by atoms with van der Waals surface area (Å²) in [5.41, 5.74) is 0.744. The molecule has 1 aliphatic heterocycles. The van der Waals surface area contributed by atoms with Crippen molar-refractivity contribution in [3.8, 4) is 0 Å². The third kappa shape index (κ3) is 3.93. The van der Waals surface area contributed by atoms with Gasteiger partial charge >= 0.3 is 0 Å². The summed E-state index contributed by atoms with van der Waals surface area (Å²) in [6.45, 7) is 2.87. The molecule has 1 fully saturated rings. The fraction of sp³-hybridized carbons (Fsp3) is 0.462. The van der Waals surface area contributed by atoms with Gasteiger partial charge in [-0.2, -0.15) is 0 Å². The molecule has 5 heteroatoms. The van der Waals surface area contributed by atoms with Crippen LogP contribution in [0, 0.1) is 9.49 Å². The summed E-state index contributed by atoms with van der Waals surface area (Å²) >= 11 is 5.59. The molecule has 98 valence electrons. The van der Waals surface area contributed by atoms with Crippen molar-refractivity contribution in [2.45, 2.75) is 12.8 Å². The van der Waals surface area contributed by atoms with E-state index in [1.54, 1.807) is 0 Å². The molecule has 2 rings (SSSR count). The Hall–Kier alpha value is -0.140. The lowest BCUT2D eigenvalue weighted by Crippen LogP contribution is -2.38. The summed E-state index contributed by atoms with van der Waals surface area (Å²) in [6.07, 6.45) is 2.40. The zero-order valence-corrected chi connectivity index (χ0v) is 13.8. The molecule has 1 unspecified atom stereocenters. The molecule has 1 heterocycles. The van der Waals surface area contributed by atoms with Crippen molar-refractivity contribution in [3.05, 3.63) is 31.8 Å². The van der Waals surface area contributed by atoms with E-state index in [1.165, 1.54) is 12.8 Å². The van der Waals surface area contributed by atoms with Crippen LogP contribution in [-0.2, 0) is 0 Å². The summed E-state index contributed by atoms with van der Waals surface area (Å²) in [5.74, 6) is 0.582. The van der Waals surface area contributed by atoms with E-state index in [1.807, 2.05) is 18.2 Å². The molecule has 0 saturated carbocycles. The number of carbonyl (C=O) groups excluding carboxylic acids is 1. The maximum absolute atomic E-state index is 12.1. The third-order valence-electron chi connectivity index (χ3n) is 3.12. The second-order valence-electron chi connectivity index (χ2n) is 4.55. The highest BCUT2D eigenvalue weighted by Crippen LogP contribution is 2.18. The predicted molar refractivity (Wildman–Crippen MR) is 84.8 cm³/mol. The Kier molecular flexibility index (Phi) is 5.44. The average molecular weight is 423 g/mol. The van der Waals surface area contributed by atoms with E-state index in [9.17, 15) is 4.79 Å². The maximum atomic E-state index is 12.1. The largest absolute Gasteiger partial charge is 0.352 e. The van der Waals surface area contributed by atoms with E-state index < -0.39 is 0 Å². The molecule has 18 heavy (non-hydrogen) atoms. The Bertz CT molecular complexity index is 433. The van der Waals surface area contributed by atoms with Crippen molar-refractivity contribution < 1.29 is 4.79 Å². The molecule has 1 aromatic carbocycles. The lowest BCUT2D eigenvalue weighted by Gasteiger charge is -2.23. The van der Waals surface area contributed by atoms with Crippen LogP contribution >= 0.6 is 38.5 Å². The summed E-state index contributed by atoms with van der Waals surface area (Å²) in [6, 6.07) is 5.77. The maximum Gasteiger partial charge on any atom is 0.252 e. The van der Waals surface area contributed by atoms with Gasteiger partial charge in [0, 0.05) is 14.6 Å². The average Bonchev–Trinajstić information content (AvgIpc) is 2.40. The van der Waals surface area contributed by atoms with E-state index in [-0.39, 0.29) is 5.91 Å². The molecule has 0 aliphatic carbocycles. The van der Waals surface area contributed by atoms with Gasteiger partial charge in [-0.25, -0.2) is 0 Å². The molecule has 1 aliphatic rings. The van der Waals surface area contributed by atoms with Crippen LogP contribution in [0.5, 0.6) is 0 Å². The summed E-state index contributed by atoms with van der Waals surface area (Å²) in [7, 11) is 0. The number of rotatable bonds is 3. The van der Waals surface area contributed by atoms with Crippen LogP contribution in [0.3, 0.4) is 0 Å². The highest BCUT2D eigenvalue weighted by molar-refractivity contribution is 14.1. The molecule has 0 aromatic heterocycles. The number of hydrogen-bond acceptors (Lipinski definition) is 2. The highest BCUT2D eigenvalue weighted by Gasteiger charge is 2.15. The van der Waals surface area contributed by atoms with E-state index in [2.05, 4.69) is 49.2 Å². The predicted octanol–water partition coefficient (Wildman–Crippen LogP) is 2.78. The molecule has 2 N–H and O–H groups in total. The number of amides is 1. The Morgan fingerprint density at radius 2 is 2.39 bits per heavy atom. The lowest BCUT2D eigenvalue weighted by molar-refractivity contribution is 0.0944. The van der Waals surface area contributed by atoms with Gasteiger partial charge in [0.15, 0.2) is 0 Å². The SMILES string of the molecule is O=C(NCC1CCCNC1)c1cc(Br)ccc1I. The van der Waals surface area contributed by atoms with Gasteiger partial charge in [0.1, 0.15) is 0 Å². The van der Waals surface area contributed by atoms with Gasteiger partial charge in [0.2, 0.25) is 0 Å². The van der Waals surface area contributed by atoms with Crippen LogP contribution in [0.4, 0.5) is 0 Å². The number of carbonyl (C=O) groups is 1. The first-order valence-electron chi connectivity index (χ1n) is 6.11. The van der Waals surface area contributed by atoms with Gasteiger partial charge in [-0.05, 0) is 72.6 Å². The molecule has 1 atom stereocenters.